The Bertz CT molecular complexity index is 994. The number of carbonyl (C=O) groups excluding carboxylic acids is 2. The summed E-state index contributed by atoms with van der Waals surface area (Å²) < 4.78 is 4.50. The molecule has 1 heterocycles. The minimum atomic E-state index is -0.247. The van der Waals surface area contributed by atoms with Gasteiger partial charge in [-0.1, -0.05) is 93.0 Å². The molecule has 4 unspecified atom stereocenters. The van der Waals surface area contributed by atoms with Crippen LogP contribution in [0.25, 0.3) is 0 Å². The highest BCUT2D eigenvalue weighted by atomic mass is 16.2. The van der Waals surface area contributed by atoms with Crippen LogP contribution in [0.1, 0.15) is 98.6 Å². The van der Waals surface area contributed by atoms with Crippen molar-refractivity contribution in [3.8, 4) is 0 Å². The summed E-state index contributed by atoms with van der Waals surface area (Å²) in [6, 6.07) is 9.08. The largest absolute Gasteiger partial charge is 0.288 e. The minimum Gasteiger partial charge on any atom is -0.288 e. The van der Waals surface area contributed by atoms with E-state index in [2.05, 4.69) is 114 Å². The van der Waals surface area contributed by atoms with Gasteiger partial charge in [0, 0.05) is 13.0 Å². The van der Waals surface area contributed by atoms with Crippen LogP contribution >= 0.6 is 0 Å². The molecular formula is C32H52N3O2+. The Hall–Kier alpha value is -2.43. The molecular weight excluding hydrogens is 458 g/mol. The van der Waals surface area contributed by atoms with Gasteiger partial charge in [-0.15, -0.1) is 0 Å². The predicted molar refractivity (Wildman–Crippen MR) is 152 cm³/mol. The molecule has 0 spiro atoms. The molecule has 37 heavy (non-hydrogen) atoms. The van der Waals surface area contributed by atoms with Crippen molar-refractivity contribution in [2.75, 3.05) is 7.05 Å². The fraction of sp³-hybridized carbons (Fsp3) is 0.656. The van der Waals surface area contributed by atoms with Crippen molar-refractivity contribution in [1.29, 1.82) is 0 Å². The van der Waals surface area contributed by atoms with Crippen LogP contribution in [0, 0.1) is 28.6 Å². The SMILES string of the molecule is CCCCn1cc[n+](Cc2ccc(C(CC(C)(C)C)C(C)C(C)C(C(=O)N(C)C=O)C(C)(C)C)cc2)c1. The molecule has 4 atom stereocenters. The summed E-state index contributed by atoms with van der Waals surface area (Å²) in [7, 11) is 1.58. The number of unbranched alkanes of at least 4 members (excludes halogenated alkanes) is 1. The molecule has 5 heteroatoms. The normalized spacial score (nSPS) is 15.6. The number of hydrogen-bond donors (Lipinski definition) is 0. The number of aryl methyl sites for hydroxylation is 1. The van der Waals surface area contributed by atoms with Crippen molar-refractivity contribution in [3.05, 3.63) is 54.1 Å². The lowest BCUT2D eigenvalue weighted by atomic mass is 9.63. The Morgan fingerprint density at radius 1 is 1.05 bits per heavy atom. The predicted octanol–water partition coefficient (Wildman–Crippen LogP) is 6.69. The maximum Gasteiger partial charge on any atom is 0.244 e. The molecule has 1 aromatic heterocycles. The first-order valence-electron chi connectivity index (χ1n) is 14.0. The highest BCUT2D eigenvalue weighted by Crippen LogP contribution is 2.45. The number of imide groups is 1. The molecule has 0 bridgehead atoms. The van der Waals surface area contributed by atoms with E-state index in [1.165, 1.54) is 28.9 Å². The fourth-order valence-electron chi connectivity index (χ4n) is 5.68. The molecule has 2 amide bonds. The number of imidazole rings is 1. The molecule has 2 aromatic rings. The van der Waals surface area contributed by atoms with Gasteiger partial charge in [-0.05, 0) is 52.6 Å². The van der Waals surface area contributed by atoms with Gasteiger partial charge in [-0.2, -0.15) is 0 Å². The van der Waals surface area contributed by atoms with Crippen LogP contribution in [-0.2, 0) is 22.7 Å². The zero-order valence-corrected chi connectivity index (χ0v) is 25.1. The summed E-state index contributed by atoms with van der Waals surface area (Å²) in [6.07, 6.45) is 10.6. The Labute approximate surface area is 226 Å². The van der Waals surface area contributed by atoms with Crippen LogP contribution in [0.15, 0.2) is 43.0 Å². The molecule has 1 aromatic carbocycles. The second-order valence-corrected chi connectivity index (χ2v) is 13.4. The van der Waals surface area contributed by atoms with Crippen molar-refractivity contribution < 1.29 is 14.2 Å². The summed E-state index contributed by atoms with van der Waals surface area (Å²) in [5, 5.41) is 0. The lowest BCUT2D eigenvalue weighted by Crippen LogP contribution is -2.44. The third kappa shape index (κ3) is 8.83. The Morgan fingerprint density at radius 2 is 1.68 bits per heavy atom. The molecule has 0 N–H and O–H groups in total. The quantitative estimate of drug-likeness (QED) is 0.236. The van der Waals surface area contributed by atoms with Crippen LogP contribution in [0.5, 0.6) is 0 Å². The van der Waals surface area contributed by atoms with Gasteiger partial charge in [-0.25, -0.2) is 9.13 Å². The molecule has 0 aliphatic rings. The number of aromatic nitrogens is 2. The summed E-state index contributed by atoms with van der Waals surface area (Å²) in [5.74, 6) is 0.355. The highest BCUT2D eigenvalue weighted by molar-refractivity contribution is 5.88. The van der Waals surface area contributed by atoms with Gasteiger partial charge >= 0.3 is 0 Å². The number of carbonyl (C=O) groups is 2. The Balaban J connectivity index is 2.31. The number of nitrogens with zero attached hydrogens (tertiary/aromatic N) is 3. The summed E-state index contributed by atoms with van der Waals surface area (Å²) >= 11 is 0. The van der Waals surface area contributed by atoms with E-state index in [0.29, 0.717) is 12.3 Å². The van der Waals surface area contributed by atoms with Gasteiger partial charge in [0.25, 0.3) is 0 Å². The van der Waals surface area contributed by atoms with E-state index in [1.54, 1.807) is 7.05 Å². The number of amides is 2. The first-order chi connectivity index (χ1) is 17.2. The van der Waals surface area contributed by atoms with Gasteiger partial charge in [0.15, 0.2) is 0 Å². The summed E-state index contributed by atoms with van der Waals surface area (Å²) in [4.78, 5) is 25.9. The molecule has 0 saturated heterocycles. The number of rotatable bonds is 12. The van der Waals surface area contributed by atoms with E-state index < -0.39 is 0 Å². The molecule has 206 valence electrons. The van der Waals surface area contributed by atoms with Crippen molar-refractivity contribution in [2.45, 2.75) is 101 Å². The van der Waals surface area contributed by atoms with E-state index >= 15 is 0 Å². The zero-order valence-electron chi connectivity index (χ0n) is 25.1. The van der Waals surface area contributed by atoms with Crippen molar-refractivity contribution in [3.63, 3.8) is 0 Å². The van der Waals surface area contributed by atoms with Crippen LogP contribution in [0.4, 0.5) is 0 Å². The van der Waals surface area contributed by atoms with Gasteiger partial charge in [-0.3, -0.25) is 14.5 Å². The van der Waals surface area contributed by atoms with E-state index in [9.17, 15) is 9.59 Å². The van der Waals surface area contributed by atoms with Crippen molar-refractivity contribution in [2.24, 2.45) is 28.6 Å². The number of benzene rings is 1. The van der Waals surface area contributed by atoms with E-state index in [4.69, 9.17) is 0 Å². The third-order valence-electron chi connectivity index (χ3n) is 7.82. The Kier molecular flexibility index (Phi) is 10.7. The monoisotopic (exact) mass is 510 g/mol. The fourth-order valence-corrected chi connectivity index (χ4v) is 5.68. The zero-order chi connectivity index (χ0) is 28.0. The highest BCUT2D eigenvalue weighted by Gasteiger charge is 2.42. The molecule has 0 aliphatic carbocycles. The van der Waals surface area contributed by atoms with Crippen LogP contribution in [0.2, 0.25) is 0 Å². The van der Waals surface area contributed by atoms with Crippen molar-refractivity contribution >= 4 is 12.3 Å². The van der Waals surface area contributed by atoms with Gasteiger partial charge in [0.1, 0.15) is 18.9 Å². The summed E-state index contributed by atoms with van der Waals surface area (Å²) in [6.45, 7) is 21.8. The standard InChI is InChI=1S/C32H52N3O2/c1-11-12-17-34-18-19-35(22-34)21-26-13-15-27(16-14-26)28(20-31(4,5)6)24(2)25(3)29(32(7,8)9)30(37)33(10)23-36/h13-16,18-19,22-25,28-29H,11-12,17,20-21H2,1-10H3/q+1. The van der Waals surface area contributed by atoms with Gasteiger partial charge in [0.2, 0.25) is 18.6 Å². The maximum atomic E-state index is 13.3. The molecule has 0 aliphatic heterocycles. The molecule has 0 fully saturated rings. The summed E-state index contributed by atoms with van der Waals surface area (Å²) in [5.41, 5.74) is 2.51. The first kappa shape index (κ1) is 30.8. The second kappa shape index (κ2) is 12.9. The smallest absolute Gasteiger partial charge is 0.244 e. The van der Waals surface area contributed by atoms with Crippen LogP contribution in [-0.4, -0.2) is 28.8 Å². The van der Waals surface area contributed by atoms with Gasteiger partial charge in [0.05, 0.1) is 6.54 Å². The average molecular weight is 511 g/mol. The van der Waals surface area contributed by atoms with Crippen LogP contribution in [0.3, 0.4) is 0 Å². The average Bonchev–Trinajstić information content (AvgIpc) is 3.26. The molecule has 0 radical (unpaired) electrons. The van der Waals surface area contributed by atoms with Crippen LogP contribution < -0.4 is 4.57 Å². The molecule has 5 nitrogen and oxygen atoms in total. The lowest BCUT2D eigenvalue weighted by Gasteiger charge is -2.42. The van der Waals surface area contributed by atoms with E-state index in [1.807, 2.05) is 0 Å². The topological polar surface area (TPSA) is 46.2 Å². The maximum absolute atomic E-state index is 13.3. The second-order valence-electron chi connectivity index (χ2n) is 13.4. The molecule has 2 rings (SSSR count). The number of hydrogen-bond acceptors (Lipinski definition) is 2. The minimum absolute atomic E-state index is 0.0883. The third-order valence-corrected chi connectivity index (χ3v) is 7.82. The lowest BCUT2D eigenvalue weighted by molar-refractivity contribution is -0.687. The van der Waals surface area contributed by atoms with Crippen molar-refractivity contribution in [1.82, 2.24) is 9.47 Å². The molecule has 0 saturated carbocycles. The van der Waals surface area contributed by atoms with E-state index in [-0.39, 0.29) is 34.5 Å². The van der Waals surface area contributed by atoms with Gasteiger partial charge < -0.3 is 0 Å². The Morgan fingerprint density at radius 3 is 2.19 bits per heavy atom. The van der Waals surface area contributed by atoms with E-state index in [0.717, 1.165) is 19.5 Å². The first-order valence-corrected chi connectivity index (χ1v) is 14.0.